The zero-order valence-corrected chi connectivity index (χ0v) is 12.2. The van der Waals surface area contributed by atoms with Crippen molar-refractivity contribution in [2.75, 3.05) is 0 Å². The lowest BCUT2D eigenvalue weighted by Crippen LogP contribution is -2.13. The number of nitrogens with zero attached hydrogens (tertiary/aromatic N) is 1. The first kappa shape index (κ1) is 12.3. The highest BCUT2D eigenvalue weighted by Crippen LogP contribution is 2.20. The molecular weight excluding hydrogens is 324 g/mol. The van der Waals surface area contributed by atoms with E-state index in [1.165, 1.54) is 0 Å². The van der Waals surface area contributed by atoms with Gasteiger partial charge in [0.15, 0.2) is 4.77 Å². The number of H-pyrrole nitrogens is 1. The summed E-state index contributed by atoms with van der Waals surface area (Å²) < 4.78 is 3.12. The number of nitrogens with one attached hydrogen (secondary N) is 1. The van der Waals surface area contributed by atoms with E-state index in [2.05, 4.69) is 20.9 Å². The third-order valence-electron chi connectivity index (χ3n) is 2.88. The molecule has 0 saturated heterocycles. The average molecular weight is 333 g/mol. The minimum Gasteiger partial charge on any atom is -0.298 e. The normalized spacial score (nSPS) is 10.8. The molecule has 0 bridgehead atoms. The maximum absolute atomic E-state index is 12.0. The molecule has 5 heteroatoms. The number of aromatic nitrogens is 2. The summed E-state index contributed by atoms with van der Waals surface area (Å²) >= 11 is 8.66. The number of hydrogen-bond acceptors (Lipinski definition) is 2. The predicted octanol–water partition coefficient (Wildman–Crippen LogP) is 3.81. The topological polar surface area (TPSA) is 37.8 Å². The van der Waals surface area contributed by atoms with Gasteiger partial charge in [-0.1, -0.05) is 34.1 Å². The Kier molecular flexibility index (Phi) is 3.08. The second kappa shape index (κ2) is 4.75. The van der Waals surface area contributed by atoms with E-state index in [4.69, 9.17) is 12.2 Å². The first-order valence-electron chi connectivity index (χ1n) is 5.67. The van der Waals surface area contributed by atoms with Gasteiger partial charge >= 0.3 is 0 Å². The number of aromatic amines is 1. The van der Waals surface area contributed by atoms with E-state index in [9.17, 15) is 4.79 Å². The molecule has 0 spiro atoms. The standard InChI is InChI=1S/C14H9BrN2OS/c15-9-6-7-12-11(8-9)13(18)16-14(19)17(12)10-4-2-1-3-5-10/h1-8H,(H,16,18,19). The summed E-state index contributed by atoms with van der Waals surface area (Å²) in [6.45, 7) is 0. The molecule has 0 fully saturated rings. The molecule has 19 heavy (non-hydrogen) atoms. The number of rotatable bonds is 1. The molecule has 0 saturated carbocycles. The molecule has 94 valence electrons. The van der Waals surface area contributed by atoms with Crippen LogP contribution in [-0.2, 0) is 0 Å². The van der Waals surface area contributed by atoms with Gasteiger partial charge in [-0.15, -0.1) is 0 Å². The van der Waals surface area contributed by atoms with Crippen LogP contribution in [0.2, 0.25) is 0 Å². The lowest BCUT2D eigenvalue weighted by molar-refractivity contribution is 0.988. The van der Waals surface area contributed by atoms with Gasteiger partial charge in [0, 0.05) is 10.2 Å². The van der Waals surface area contributed by atoms with Crippen molar-refractivity contribution in [3.8, 4) is 5.69 Å². The summed E-state index contributed by atoms with van der Waals surface area (Å²) in [7, 11) is 0. The highest BCUT2D eigenvalue weighted by Gasteiger charge is 2.07. The van der Waals surface area contributed by atoms with Crippen molar-refractivity contribution in [2.24, 2.45) is 0 Å². The molecule has 0 aliphatic rings. The van der Waals surface area contributed by atoms with Gasteiger partial charge in [0.1, 0.15) is 0 Å². The molecule has 3 nitrogen and oxygen atoms in total. The average Bonchev–Trinajstić information content (AvgIpc) is 2.41. The van der Waals surface area contributed by atoms with E-state index in [1.54, 1.807) is 6.07 Å². The number of hydrogen-bond donors (Lipinski definition) is 1. The van der Waals surface area contributed by atoms with E-state index < -0.39 is 0 Å². The van der Waals surface area contributed by atoms with Crippen LogP contribution in [0, 0.1) is 4.77 Å². The van der Waals surface area contributed by atoms with Crippen LogP contribution in [0.3, 0.4) is 0 Å². The molecule has 0 unspecified atom stereocenters. The third kappa shape index (κ3) is 2.15. The highest BCUT2D eigenvalue weighted by molar-refractivity contribution is 9.10. The number of fused-ring (bicyclic) bond motifs is 1. The van der Waals surface area contributed by atoms with Gasteiger partial charge in [-0.2, -0.15) is 0 Å². The molecule has 3 rings (SSSR count). The summed E-state index contributed by atoms with van der Waals surface area (Å²) in [5.41, 5.74) is 1.55. The molecular formula is C14H9BrN2OS. The Balaban J connectivity index is 2.49. The molecule has 1 heterocycles. The van der Waals surface area contributed by atoms with E-state index in [1.807, 2.05) is 47.0 Å². The van der Waals surface area contributed by atoms with Gasteiger partial charge in [0.05, 0.1) is 10.9 Å². The van der Waals surface area contributed by atoms with Crippen LogP contribution in [0.4, 0.5) is 0 Å². The maximum atomic E-state index is 12.0. The highest BCUT2D eigenvalue weighted by atomic mass is 79.9. The van der Waals surface area contributed by atoms with Gasteiger partial charge in [-0.25, -0.2) is 0 Å². The van der Waals surface area contributed by atoms with Crippen LogP contribution in [-0.4, -0.2) is 9.55 Å². The molecule has 2 aromatic carbocycles. The Bertz CT molecular complexity index is 868. The summed E-state index contributed by atoms with van der Waals surface area (Å²) in [5.74, 6) is 0. The van der Waals surface area contributed by atoms with Gasteiger partial charge in [-0.05, 0) is 42.5 Å². The summed E-state index contributed by atoms with van der Waals surface area (Å²) in [4.78, 5) is 14.7. The Labute approximate surface area is 122 Å². The van der Waals surface area contributed by atoms with Crippen LogP contribution < -0.4 is 5.56 Å². The minimum absolute atomic E-state index is 0.173. The molecule has 0 amide bonds. The first-order chi connectivity index (χ1) is 9.16. The summed E-state index contributed by atoms with van der Waals surface area (Å²) in [5, 5.41) is 0.604. The second-order valence-corrected chi connectivity index (χ2v) is 5.39. The van der Waals surface area contributed by atoms with Crippen molar-refractivity contribution < 1.29 is 0 Å². The number of para-hydroxylation sites is 1. The Morgan fingerprint density at radius 3 is 2.58 bits per heavy atom. The first-order valence-corrected chi connectivity index (χ1v) is 6.87. The minimum atomic E-state index is -0.173. The molecule has 1 aromatic heterocycles. The van der Waals surface area contributed by atoms with Crippen molar-refractivity contribution in [2.45, 2.75) is 0 Å². The van der Waals surface area contributed by atoms with Gasteiger partial charge in [0.2, 0.25) is 0 Å². The number of halogens is 1. The zero-order valence-electron chi connectivity index (χ0n) is 9.76. The molecule has 0 radical (unpaired) electrons. The van der Waals surface area contributed by atoms with E-state index in [0.29, 0.717) is 10.2 Å². The lowest BCUT2D eigenvalue weighted by Gasteiger charge is -2.11. The van der Waals surface area contributed by atoms with Crippen LogP contribution in [0.15, 0.2) is 57.8 Å². The smallest absolute Gasteiger partial charge is 0.259 e. The van der Waals surface area contributed by atoms with Crippen molar-refractivity contribution in [1.29, 1.82) is 0 Å². The van der Waals surface area contributed by atoms with E-state index in [-0.39, 0.29) is 5.56 Å². The third-order valence-corrected chi connectivity index (χ3v) is 3.66. The lowest BCUT2D eigenvalue weighted by atomic mass is 10.2. The maximum Gasteiger partial charge on any atom is 0.259 e. The van der Waals surface area contributed by atoms with Crippen LogP contribution in [0.5, 0.6) is 0 Å². The SMILES string of the molecule is O=c1[nH]c(=S)n(-c2ccccc2)c2ccc(Br)cc12. The monoisotopic (exact) mass is 332 g/mol. The zero-order chi connectivity index (χ0) is 13.4. The molecule has 0 aliphatic carbocycles. The molecule has 3 aromatic rings. The van der Waals surface area contributed by atoms with Crippen molar-refractivity contribution in [3.05, 3.63) is 68.1 Å². The van der Waals surface area contributed by atoms with E-state index >= 15 is 0 Å². The van der Waals surface area contributed by atoms with Crippen molar-refractivity contribution in [3.63, 3.8) is 0 Å². The van der Waals surface area contributed by atoms with Crippen LogP contribution >= 0.6 is 28.1 Å². The fourth-order valence-corrected chi connectivity index (χ4v) is 2.71. The fourth-order valence-electron chi connectivity index (χ4n) is 2.05. The predicted molar refractivity (Wildman–Crippen MR) is 82.4 cm³/mol. The van der Waals surface area contributed by atoms with Gasteiger partial charge in [0.25, 0.3) is 5.56 Å². The summed E-state index contributed by atoms with van der Waals surface area (Å²) in [6.07, 6.45) is 0. The Hall–Kier alpha value is -1.72. The number of benzene rings is 2. The van der Waals surface area contributed by atoms with Crippen molar-refractivity contribution >= 4 is 39.1 Å². The largest absolute Gasteiger partial charge is 0.298 e. The van der Waals surface area contributed by atoms with Gasteiger partial charge < -0.3 is 0 Å². The van der Waals surface area contributed by atoms with Crippen LogP contribution in [0.25, 0.3) is 16.6 Å². The quantitative estimate of drug-likeness (QED) is 0.688. The summed E-state index contributed by atoms with van der Waals surface area (Å²) in [6, 6.07) is 15.3. The molecule has 1 N–H and O–H groups in total. The second-order valence-electron chi connectivity index (χ2n) is 4.09. The Morgan fingerprint density at radius 1 is 1.11 bits per heavy atom. The van der Waals surface area contributed by atoms with Crippen LogP contribution in [0.1, 0.15) is 0 Å². The Morgan fingerprint density at radius 2 is 1.84 bits per heavy atom. The van der Waals surface area contributed by atoms with E-state index in [0.717, 1.165) is 15.7 Å². The van der Waals surface area contributed by atoms with Gasteiger partial charge in [-0.3, -0.25) is 14.3 Å². The fraction of sp³-hybridized carbons (Fsp3) is 0. The van der Waals surface area contributed by atoms with Crippen molar-refractivity contribution in [1.82, 2.24) is 9.55 Å². The molecule has 0 aliphatic heterocycles. The molecule has 0 atom stereocenters.